The van der Waals surface area contributed by atoms with Gasteiger partial charge in [-0.25, -0.2) is 0 Å². The van der Waals surface area contributed by atoms with Crippen LogP contribution in [0.3, 0.4) is 0 Å². The van der Waals surface area contributed by atoms with Crippen LogP contribution < -0.4 is 20.9 Å². The van der Waals surface area contributed by atoms with Gasteiger partial charge >= 0.3 is 0 Å². The summed E-state index contributed by atoms with van der Waals surface area (Å²) in [7, 11) is 0. The maximum absolute atomic E-state index is 13.1. The van der Waals surface area contributed by atoms with E-state index in [1.807, 2.05) is 37.3 Å². The molecule has 8 heteroatoms. The quantitative estimate of drug-likeness (QED) is 0.289. The summed E-state index contributed by atoms with van der Waals surface area (Å²) < 4.78 is 5.21. The zero-order valence-corrected chi connectivity index (χ0v) is 20.4. The lowest BCUT2D eigenvalue weighted by Gasteiger charge is -2.21. The maximum Gasteiger partial charge on any atom is 0.258 e. The minimum absolute atomic E-state index is 0.0211. The van der Waals surface area contributed by atoms with Crippen LogP contribution in [0, 0.1) is 0 Å². The predicted octanol–water partition coefficient (Wildman–Crippen LogP) is 4.93. The fourth-order valence-corrected chi connectivity index (χ4v) is 3.75. The molecule has 3 amide bonds. The molecule has 0 fully saturated rings. The summed E-state index contributed by atoms with van der Waals surface area (Å²) in [6, 6.07) is 26.7. The molecule has 0 unspecified atom stereocenters. The van der Waals surface area contributed by atoms with Crippen molar-refractivity contribution < 1.29 is 18.8 Å². The molecule has 3 aromatic carbocycles. The lowest BCUT2D eigenvalue weighted by molar-refractivity contribution is -0.114. The lowest BCUT2D eigenvalue weighted by atomic mass is 10.1. The highest BCUT2D eigenvalue weighted by Crippen LogP contribution is 2.19. The van der Waals surface area contributed by atoms with E-state index in [9.17, 15) is 14.4 Å². The summed E-state index contributed by atoms with van der Waals surface area (Å²) >= 11 is 0. The molecule has 8 nitrogen and oxygen atoms in total. The van der Waals surface area contributed by atoms with Crippen LogP contribution in [-0.2, 0) is 11.3 Å². The number of carbonyl (C=O) groups is 3. The molecule has 4 aromatic rings. The van der Waals surface area contributed by atoms with Crippen LogP contribution in [0.1, 0.15) is 33.4 Å². The van der Waals surface area contributed by atoms with Gasteiger partial charge in [-0.15, -0.1) is 0 Å². The van der Waals surface area contributed by atoms with E-state index >= 15 is 0 Å². The van der Waals surface area contributed by atoms with E-state index in [2.05, 4.69) is 16.0 Å². The van der Waals surface area contributed by atoms with Crippen LogP contribution in [-0.4, -0.2) is 30.8 Å². The molecule has 0 bridgehead atoms. The topological polar surface area (TPSA) is 104 Å². The van der Waals surface area contributed by atoms with Gasteiger partial charge in [0.25, 0.3) is 11.8 Å². The Morgan fingerprint density at radius 2 is 1.59 bits per heavy atom. The van der Waals surface area contributed by atoms with Crippen LogP contribution >= 0.6 is 0 Å². The van der Waals surface area contributed by atoms with Crippen molar-refractivity contribution in [3.8, 4) is 0 Å². The van der Waals surface area contributed by atoms with Gasteiger partial charge in [0.1, 0.15) is 5.76 Å². The third kappa shape index (κ3) is 6.85. The first-order chi connectivity index (χ1) is 18.0. The average Bonchev–Trinajstić information content (AvgIpc) is 3.46. The van der Waals surface area contributed by atoms with Crippen molar-refractivity contribution in [2.24, 2.45) is 0 Å². The fraction of sp³-hybridized carbons (Fsp3) is 0.138. The van der Waals surface area contributed by atoms with Crippen molar-refractivity contribution in [1.29, 1.82) is 0 Å². The second-order valence-electron chi connectivity index (χ2n) is 8.21. The highest BCUT2D eigenvalue weighted by Gasteiger charge is 2.16. The van der Waals surface area contributed by atoms with Gasteiger partial charge in [-0.2, -0.15) is 0 Å². The highest BCUT2D eigenvalue weighted by atomic mass is 16.3. The summed E-state index contributed by atoms with van der Waals surface area (Å²) in [4.78, 5) is 39.5. The summed E-state index contributed by atoms with van der Waals surface area (Å²) in [5.74, 6) is 0.0481. The summed E-state index contributed by atoms with van der Waals surface area (Å²) in [5, 5.41) is 8.64. The fourth-order valence-electron chi connectivity index (χ4n) is 3.75. The van der Waals surface area contributed by atoms with Crippen molar-refractivity contribution >= 4 is 34.8 Å². The van der Waals surface area contributed by atoms with Crippen molar-refractivity contribution in [3.63, 3.8) is 0 Å². The number of benzene rings is 3. The Bertz CT molecular complexity index is 1340. The van der Waals surface area contributed by atoms with Crippen LogP contribution in [0.2, 0.25) is 0 Å². The summed E-state index contributed by atoms with van der Waals surface area (Å²) in [6.45, 7) is 2.77. The Kier molecular flexibility index (Phi) is 8.33. The smallest absolute Gasteiger partial charge is 0.258 e. The zero-order chi connectivity index (χ0) is 26.0. The predicted molar refractivity (Wildman–Crippen MR) is 144 cm³/mol. The number of para-hydroxylation sites is 1. The van der Waals surface area contributed by atoms with Crippen LogP contribution in [0.25, 0.3) is 0 Å². The van der Waals surface area contributed by atoms with Gasteiger partial charge in [0.05, 0.1) is 19.4 Å². The monoisotopic (exact) mass is 496 g/mol. The summed E-state index contributed by atoms with van der Waals surface area (Å²) in [5.41, 5.74) is 3.03. The molecule has 0 atom stereocenters. The second kappa shape index (κ2) is 12.2. The number of hydrogen-bond acceptors (Lipinski definition) is 5. The Balaban J connectivity index is 1.29. The van der Waals surface area contributed by atoms with E-state index in [4.69, 9.17) is 4.42 Å². The largest absolute Gasteiger partial charge is 0.467 e. The van der Waals surface area contributed by atoms with Gasteiger partial charge in [-0.3, -0.25) is 14.4 Å². The Hall–Kier alpha value is -4.85. The number of amides is 3. The van der Waals surface area contributed by atoms with Crippen LogP contribution in [0.4, 0.5) is 17.1 Å². The van der Waals surface area contributed by atoms with E-state index in [0.29, 0.717) is 41.4 Å². The van der Waals surface area contributed by atoms with Gasteiger partial charge < -0.3 is 25.3 Å². The molecule has 37 heavy (non-hydrogen) atoms. The molecule has 1 aromatic heterocycles. The number of nitrogens with zero attached hydrogens (tertiary/aromatic N) is 1. The molecule has 0 aliphatic heterocycles. The number of anilines is 3. The SMILES string of the molecule is CCN(C(=O)c1cccc(NC(=O)CNc2ccc(C(=O)NCc3ccco3)cc2)c1)c1ccccc1. The summed E-state index contributed by atoms with van der Waals surface area (Å²) in [6.07, 6.45) is 1.56. The molecule has 1 heterocycles. The molecular formula is C29H28N4O4. The van der Waals surface area contributed by atoms with Crippen molar-refractivity contribution in [3.05, 3.63) is 114 Å². The normalized spacial score (nSPS) is 10.4. The molecule has 0 radical (unpaired) electrons. The number of nitrogens with one attached hydrogen (secondary N) is 3. The minimum Gasteiger partial charge on any atom is -0.467 e. The molecule has 0 aliphatic rings. The van der Waals surface area contributed by atoms with Crippen molar-refractivity contribution in [2.75, 3.05) is 28.6 Å². The number of hydrogen-bond donors (Lipinski definition) is 3. The molecule has 3 N–H and O–H groups in total. The first kappa shape index (κ1) is 25.2. The Morgan fingerprint density at radius 1 is 0.811 bits per heavy atom. The maximum atomic E-state index is 13.1. The highest BCUT2D eigenvalue weighted by molar-refractivity contribution is 6.07. The van der Waals surface area contributed by atoms with Crippen molar-refractivity contribution in [1.82, 2.24) is 5.32 Å². The van der Waals surface area contributed by atoms with E-state index in [1.54, 1.807) is 71.8 Å². The molecule has 0 saturated heterocycles. The third-order valence-electron chi connectivity index (χ3n) is 5.63. The van der Waals surface area contributed by atoms with E-state index in [-0.39, 0.29) is 24.3 Å². The van der Waals surface area contributed by atoms with E-state index in [0.717, 1.165) is 5.69 Å². The minimum atomic E-state index is -0.264. The zero-order valence-electron chi connectivity index (χ0n) is 20.4. The van der Waals surface area contributed by atoms with E-state index < -0.39 is 0 Å². The molecule has 0 saturated carbocycles. The molecule has 0 spiro atoms. The van der Waals surface area contributed by atoms with Gasteiger partial charge in [0.15, 0.2) is 0 Å². The molecular weight excluding hydrogens is 468 g/mol. The van der Waals surface area contributed by atoms with Gasteiger partial charge in [-0.05, 0) is 73.7 Å². The van der Waals surface area contributed by atoms with Crippen LogP contribution in [0.5, 0.6) is 0 Å². The number of furan rings is 1. The van der Waals surface area contributed by atoms with Gasteiger partial charge in [-0.1, -0.05) is 24.3 Å². The number of carbonyl (C=O) groups excluding carboxylic acids is 3. The van der Waals surface area contributed by atoms with Crippen molar-refractivity contribution in [2.45, 2.75) is 13.5 Å². The standard InChI is InChI=1S/C29H28N4O4/c1-2-33(25-10-4-3-5-11-25)29(36)22-8-6-9-24(18-22)32-27(34)20-30-23-15-13-21(14-16-23)28(35)31-19-26-12-7-17-37-26/h3-18,30H,2,19-20H2,1H3,(H,31,35)(H,32,34). The third-order valence-corrected chi connectivity index (χ3v) is 5.63. The second-order valence-corrected chi connectivity index (χ2v) is 8.21. The average molecular weight is 497 g/mol. The molecule has 0 aliphatic carbocycles. The molecule has 4 rings (SSSR count). The molecule has 188 valence electrons. The lowest BCUT2D eigenvalue weighted by Crippen LogP contribution is -2.30. The first-order valence-corrected chi connectivity index (χ1v) is 11.9. The first-order valence-electron chi connectivity index (χ1n) is 11.9. The van der Waals surface area contributed by atoms with Gasteiger partial charge in [0.2, 0.25) is 5.91 Å². The Morgan fingerprint density at radius 3 is 2.30 bits per heavy atom. The number of rotatable bonds is 10. The Labute approximate surface area is 215 Å². The van der Waals surface area contributed by atoms with Gasteiger partial charge in [0, 0.05) is 34.7 Å². The van der Waals surface area contributed by atoms with Crippen LogP contribution in [0.15, 0.2) is 102 Å². The van der Waals surface area contributed by atoms with E-state index in [1.165, 1.54) is 0 Å².